The topological polar surface area (TPSA) is 46.5 Å². The highest BCUT2D eigenvalue weighted by atomic mass is 16.5. The van der Waals surface area contributed by atoms with Crippen LogP contribution in [0.2, 0.25) is 0 Å². The van der Waals surface area contributed by atoms with E-state index in [1.54, 1.807) is 0 Å². The van der Waals surface area contributed by atoms with Gasteiger partial charge in [0, 0.05) is 0 Å². The minimum atomic E-state index is -0.885. The van der Waals surface area contributed by atoms with Crippen molar-refractivity contribution in [3.63, 3.8) is 0 Å². The second kappa shape index (κ2) is 5.15. The number of carboxylic acids is 1. The number of hydrogen-bond acceptors (Lipinski definition) is 2. The van der Waals surface area contributed by atoms with Crippen molar-refractivity contribution in [3.05, 3.63) is 12.2 Å². The third-order valence-electron chi connectivity index (χ3n) is 2.63. The van der Waals surface area contributed by atoms with Gasteiger partial charge < -0.3 is 9.84 Å². The van der Waals surface area contributed by atoms with Gasteiger partial charge in [0.2, 0.25) is 0 Å². The van der Waals surface area contributed by atoms with E-state index in [1.807, 2.05) is 6.92 Å². The number of carboxylic acid groups (broad SMARTS) is 1. The fourth-order valence-electron chi connectivity index (χ4n) is 1.72. The fraction of sp³-hybridized carbons (Fsp3) is 0.727. The number of aliphatic carboxylic acids is 1. The average Bonchev–Trinajstić information content (AvgIpc) is 2.09. The molecule has 1 unspecified atom stereocenters. The molecule has 0 bridgehead atoms. The number of rotatable bonds is 3. The Bertz CT molecular complexity index is 223. The van der Waals surface area contributed by atoms with Crippen LogP contribution < -0.4 is 0 Å². The summed E-state index contributed by atoms with van der Waals surface area (Å²) in [7, 11) is 0. The summed E-state index contributed by atoms with van der Waals surface area (Å²) in [5.74, 6) is -0.885. The molecule has 0 aromatic carbocycles. The lowest BCUT2D eigenvalue weighted by molar-refractivity contribution is -0.149. The Hall–Kier alpha value is -0.830. The molecule has 0 aromatic rings. The van der Waals surface area contributed by atoms with Gasteiger partial charge in [0.25, 0.3) is 0 Å². The van der Waals surface area contributed by atoms with Crippen LogP contribution in [0.25, 0.3) is 0 Å². The lowest BCUT2D eigenvalue weighted by Gasteiger charge is -2.29. The first-order chi connectivity index (χ1) is 6.62. The van der Waals surface area contributed by atoms with Gasteiger partial charge in [-0.25, -0.2) is 4.79 Å². The SMILES string of the molecule is CC1(OCC(=O)O)CC/C=C/CCC1. The molecular formula is C11H18O3. The molecule has 0 radical (unpaired) electrons. The number of carbonyl (C=O) groups is 1. The summed E-state index contributed by atoms with van der Waals surface area (Å²) in [6.07, 6.45) is 9.34. The van der Waals surface area contributed by atoms with Crippen molar-refractivity contribution in [1.29, 1.82) is 0 Å². The van der Waals surface area contributed by atoms with Crippen molar-refractivity contribution in [2.45, 2.75) is 44.6 Å². The molecule has 3 heteroatoms. The molecule has 0 spiro atoms. The number of allylic oxidation sites excluding steroid dienone is 2. The van der Waals surface area contributed by atoms with E-state index in [9.17, 15) is 4.79 Å². The zero-order valence-corrected chi connectivity index (χ0v) is 8.66. The maximum Gasteiger partial charge on any atom is 0.329 e. The second-order valence-corrected chi connectivity index (χ2v) is 4.03. The maximum atomic E-state index is 10.4. The lowest BCUT2D eigenvalue weighted by atomic mass is 9.91. The Morgan fingerprint density at radius 1 is 1.43 bits per heavy atom. The van der Waals surface area contributed by atoms with Crippen molar-refractivity contribution >= 4 is 5.97 Å². The van der Waals surface area contributed by atoms with E-state index in [0.29, 0.717) is 0 Å². The van der Waals surface area contributed by atoms with E-state index in [0.717, 1.165) is 32.1 Å². The normalized spacial score (nSPS) is 30.4. The first kappa shape index (κ1) is 11.2. The van der Waals surface area contributed by atoms with Crippen LogP contribution in [0.1, 0.15) is 39.0 Å². The van der Waals surface area contributed by atoms with Crippen LogP contribution in [0, 0.1) is 0 Å². The monoisotopic (exact) mass is 198 g/mol. The van der Waals surface area contributed by atoms with Gasteiger partial charge in [-0.1, -0.05) is 12.2 Å². The van der Waals surface area contributed by atoms with Crippen molar-refractivity contribution in [1.82, 2.24) is 0 Å². The van der Waals surface area contributed by atoms with E-state index in [-0.39, 0.29) is 12.2 Å². The van der Waals surface area contributed by atoms with Gasteiger partial charge in [-0.05, 0) is 39.0 Å². The lowest BCUT2D eigenvalue weighted by Crippen LogP contribution is -2.31. The molecule has 1 N–H and O–H groups in total. The predicted octanol–water partition coefficient (Wildman–Crippen LogP) is 2.37. The molecule has 0 heterocycles. The molecular weight excluding hydrogens is 180 g/mol. The highest BCUT2D eigenvalue weighted by Crippen LogP contribution is 2.26. The summed E-state index contributed by atoms with van der Waals surface area (Å²) in [6.45, 7) is 1.83. The molecule has 0 aromatic heterocycles. The maximum absolute atomic E-state index is 10.4. The van der Waals surface area contributed by atoms with E-state index >= 15 is 0 Å². The minimum absolute atomic E-state index is 0.180. The van der Waals surface area contributed by atoms with Gasteiger partial charge in [0.15, 0.2) is 0 Å². The zero-order chi connectivity index (χ0) is 10.4. The van der Waals surface area contributed by atoms with Gasteiger partial charge in [-0.3, -0.25) is 0 Å². The Morgan fingerprint density at radius 2 is 2.14 bits per heavy atom. The third kappa shape index (κ3) is 3.92. The summed E-state index contributed by atoms with van der Waals surface area (Å²) >= 11 is 0. The van der Waals surface area contributed by atoms with Crippen LogP contribution in [-0.4, -0.2) is 23.3 Å². The van der Waals surface area contributed by atoms with E-state index in [2.05, 4.69) is 12.2 Å². The summed E-state index contributed by atoms with van der Waals surface area (Å²) < 4.78 is 5.43. The van der Waals surface area contributed by atoms with Crippen molar-refractivity contribution < 1.29 is 14.6 Å². The molecule has 1 aliphatic carbocycles. The fourth-order valence-corrected chi connectivity index (χ4v) is 1.72. The molecule has 1 atom stereocenters. The number of hydrogen-bond donors (Lipinski definition) is 1. The van der Waals surface area contributed by atoms with Crippen molar-refractivity contribution in [3.8, 4) is 0 Å². The highest BCUT2D eigenvalue weighted by Gasteiger charge is 2.25. The molecule has 80 valence electrons. The van der Waals surface area contributed by atoms with Gasteiger partial charge in [-0.2, -0.15) is 0 Å². The van der Waals surface area contributed by atoms with E-state index in [1.165, 1.54) is 0 Å². The van der Waals surface area contributed by atoms with Crippen molar-refractivity contribution in [2.75, 3.05) is 6.61 Å². The summed E-state index contributed by atoms with van der Waals surface area (Å²) in [6, 6.07) is 0. The van der Waals surface area contributed by atoms with Gasteiger partial charge >= 0.3 is 5.97 Å². The largest absolute Gasteiger partial charge is 0.480 e. The first-order valence-electron chi connectivity index (χ1n) is 5.13. The van der Waals surface area contributed by atoms with Gasteiger partial charge in [0.05, 0.1) is 5.60 Å². The summed E-state index contributed by atoms with van der Waals surface area (Å²) in [5, 5.41) is 8.55. The molecule has 0 saturated carbocycles. The average molecular weight is 198 g/mol. The van der Waals surface area contributed by atoms with E-state index < -0.39 is 5.97 Å². The molecule has 1 aliphatic rings. The van der Waals surface area contributed by atoms with Crippen LogP contribution in [0.15, 0.2) is 12.2 Å². The zero-order valence-electron chi connectivity index (χ0n) is 8.66. The Kier molecular flexibility index (Phi) is 4.14. The Balaban J connectivity index is 2.44. The number of ether oxygens (including phenoxy) is 1. The first-order valence-corrected chi connectivity index (χ1v) is 5.13. The molecule has 0 amide bonds. The summed E-state index contributed by atoms with van der Waals surface area (Å²) in [5.41, 5.74) is -0.247. The Labute approximate surface area is 84.8 Å². The molecule has 3 nitrogen and oxygen atoms in total. The van der Waals surface area contributed by atoms with E-state index in [4.69, 9.17) is 9.84 Å². The van der Waals surface area contributed by atoms with Crippen LogP contribution in [0.4, 0.5) is 0 Å². The molecule has 1 rings (SSSR count). The van der Waals surface area contributed by atoms with Gasteiger partial charge in [0.1, 0.15) is 6.61 Å². The molecule has 14 heavy (non-hydrogen) atoms. The highest BCUT2D eigenvalue weighted by molar-refractivity contribution is 5.68. The third-order valence-corrected chi connectivity index (χ3v) is 2.63. The molecule has 0 saturated heterocycles. The minimum Gasteiger partial charge on any atom is -0.480 e. The molecule has 0 aliphatic heterocycles. The van der Waals surface area contributed by atoms with Crippen LogP contribution in [0.5, 0.6) is 0 Å². The smallest absolute Gasteiger partial charge is 0.329 e. The second-order valence-electron chi connectivity index (χ2n) is 4.03. The Morgan fingerprint density at radius 3 is 2.86 bits per heavy atom. The summed E-state index contributed by atoms with van der Waals surface area (Å²) in [4.78, 5) is 10.4. The van der Waals surface area contributed by atoms with Gasteiger partial charge in [-0.15, -0.1) is 0 Å². The van der Waals surface area contributed by atoms with Crippen molar-refractivity contribution in [2.24, 2.45) is 0 Å². The quantitative estimate of drug-likeness (QED) is 0.708. The predicted molar refractivity (Wildman–Crippen MR) is 54.2 cm³/mol. The molecule has 0 fully saturated rings. The van der Waals surface area contributed by atoms with Crippen LogP contribution in [-0.2, 0) is 9.53 Å². The van der Waals surface area contributed by atoms with Crippen LogP contribution in [0.3, 0.4) is 0 Å². The van der Waals surface area contributed by atoms with Crippen LogP contribution >= 0.6 is 0 Å². The standard InChI is InChI=1S/C11H18O3/c1-11(14-9-10(12)13)7-5-3-2-4-6-8-11/h2-3H,4-9H2,1H3,(H,12,13)/b3-2+.